The number of carbonyl (C=O) groups excluding carboxylic acids is 1. The third kappa shape index (κ3) is 4.57. The Balaban J connectivity index is 2.58. The Labute approximate surface area is 119 Å². The Morgan fingerprint density at radius 1 is 1.42 bits per heavy atom. The molecule has 1 amide bonds. The second-order valence-electron chi connectivity index (χ2n) is 4.50. The van der Waals surface area contributed by atoms with E-state index < -0.39 is 0 Å². The highest BCUT2D eigenvalue weighted by atomic mass is 35.5. The lowest BCUT2D eigenvalue weighted by Gasteiger charge is -2.19. The smallest absolute Gasteiger partial charge is 0.251 e. The predicted molar refractivity (Wildman–Crippen MR) is 77.2 cm³/mol. The van der Waals surface area contributed by atoms with Crippen molar-refractivity contribution in [3.63, 3.8) is 0 Å². The van der Waals surface area contributed by atoms with Crippen molar-refractivity contribution >= 4 is 17.5 Å². The standard InChI is InChI=1S/C15H19ClN2O/c1-3-12(4-2)14(16)10-18-15(19)13-7-5-6-11(8-13)9-17/h5-8,12,14H,3-4,10H2,1-2H3,(H,18,19). The lowest BCUT2D eigenvalue weighted by molar-refractivity contribution is 0.0951. The summed E-state index contributed by atoms with van der Waals surface area (Å²) < 4.78 is 0. The normalized spacial score (nSPS) is 11.9. The van der Waals surface area contributed by atoms with Crippen LogP contribution in [-0.2, 0) is 0 Å². The van der Waals surface area contributed by atoms with Gasteiger partial charge in [-0.15, -0.1) is 11.6 Å². The van der Waals surface area contributed by atoms with Crippen LogP contribution in [0.5, 0.6) is 0 Å². The molecule has 19 heavy (non-hydrogen) atoms. The average Bonchev–Trinajstić information content (AvgIpc) is 2.46. The van der Waals surface area contributed by atoms with Gasteiger partial charge < -0.3 is 5.32 Å². The quantitative estimate of drug-likeness (QED) is 0.812. The van der Waals surface area contributed by atoms with Crippen LogP contribution in [0.2, 0.25) is 0 Å². The van der Waals surface area contributed by atoms with E-state index in [2.05, 4.69) is 19.2 Å². The van der Waals surface area contributed by atoms with Crippen LogP contribution in [-0.4, -0.2) is 17.8 Å². The van der Waals surface area contributed by atoms with Gasteiger partial charge in [-0.1, -0.05) is 32.8 Å². The highest BCUT2D eigenvalue weighted by molar-refractivity contribution is 6.21. The average molecular weight is 279 g/mol. The molecule has 0 aliphatic heterocycles. The number of benzene rings is 1. The molecule has 0 spiro atoms. The molecule has 1 aromatic rings. The first-order chi connectivity index (χ1) is 9.12. The zero-order valence-corrected chi connectivity index (χ0v) is 12.1. The van der Waals surface area contributed by atoms with Gasteiger partial charge in [-0.2, -0.15) is 5.26 Å². The molecule has 1 aromatic carbocycles. The molecule has 0 aliphatic carbocycles. The topological polar surface area (TPSA) is 52.9 Å². The molecule has 0 aromatic heterocycles. The van der Waals surface area contributed by atoms with Gasteiger partial charge in [0.1, 0.15) is 0 Å². The van der Waals surface area contributed by atoms with Crippen LogP contribution in [0.1, 0.15) is 42.6 Å². The van der Waals surface area contributed by atoms with E-state index in [1.54, 1.807) is 24.3 Å². The lowest BCUT2D eigenvalue weighted by atomic mass is 9.99. The Kier molecular flexibility index (Phi) is 6.38. The van der Waals surface area contributed by atoms with E-state index in [9.17, 15) is 4.79 Å². The number of amides is 1. The number of nitrogens with one attached hydrogen (secondary N) is 1. The second kappa shape index (κ2) is 7.81. The first kappa shape index (κ1) is 15.5. The second-order valence-corrected chi connectivity index (χ2v) is 5.06. The van der Waals surface area contributed by atoms with Crippen molar-refractivity contribution in [1.82, 2.24) is 5.32 Å². The van der Waals surface area contributed by atoms with Crippen molar-refractivity contribution in [1.29, 1.82) is 5.26 Å². The predicted octanol–water partition coefficient (Wildman–Crippen LogP) is 3.33. The maximum absolute atomic E-state index is 11.9. The minimum absolute atomic E-state index is 0.0573. The summed E-state index contributed by atoms with van der Waals surface area (Å²) in [6.45, 7) is 4.65. The molecule has 0 fully saturated rings. The van der Waals surface area contributed by atoms with E-state index in [0.717, 1.165) is 12.8 Å². The summed E-state index contributed by atoms with van der Waals surface area (Å²) in [6.07, 6.45) is 2.01. The monoisotopic (exact) mass is 278 g/mol. The highest BCUT2D eigenvalue weighted by Crippen LogP contribution is 2.17. The maximum atomic E-state index is 11.9. The molecular formula is C15H19ClN2O. The van der Waals surface area contributed by atoms with Crippen LogP contribution < -0.4 is 5.32 Å². The minimum atomic E-state index is -0.186. The first-order valence-corrected chi connectivity index (χ1v) is 6.98. The Morgan fingerprint density at radius 3 is 2.68 bits per heavy atom. The van der Waals surface area contributed by atoms with E-state index in [1.807, 2.05) is 6.07 Å². The summed E-state index contributed by atoms with van der Waals surface area (Å²) >= 11 is 6.27. The van der Waals surface area contributed by atoms with E-state index in [1.165, 1.54) is 0 Å². The summed E-state index contributed by atoms with van der Waals surface area (Å²) in [7, 11) is 0. The number of hydrogen-bond acceptors (Lipinski definition) is 2. The molecule has 0 aliphatic rings. The van der Waals surface area contributed by atoms with E-state index in [-0.39, 0.29) is 11.3 Å². The number of hydrogen-bond donors (Lipinski definition) is 1. The number of carbonyl (C=O) groups is 1. The van der Waals surface area contributed by atoms with Crippen LogP contribution in [0.3, 0.4) is 0 Å². The summed E-state index contributed by atoms with van der Waals surface area (Å²) in [6, 6.07) is 8.66. The van der Waals surface area contributed by atoms with Crippen molar-refractivity contribution in [3.05, 3.63) is 35.4 Å². The number of nitrogens with zero attached hydrogens (tertiary/aromatic N) is 1. The zero-order chi connectivity index (χ0) is 14.3. The molecule has 0 radical (unpaired) electrons. The van der Waals surface area contributed by atoms with Gasteiger partial charge in [0.15, 0.2) is 0 Å². The lowest BCUT2D eigenvalue weighted by Crippen LogP contribution is -2.33. The van der Waals surface area contributed by atoms with Crippen molar-refractivity contribution in [2.45, 2.75) is 32.1 Å². The molecule has 3 nitrogen and oxygen atoms in total. The van der Waals surface area contributed by atoms with Gasteiger partial charge in [-0.05, 0) is 24.1 Å². The third-order valence-corrected chi connectivity index (χ3v) is 3.78. The molecule has 0 saturated heterocycles. The summed E-state index contributed by atoms with van der Waals surface area (Å²) in [5.41, 5.74) is 0.975. The van der Waals surface area contributed by atoms with E-state index in [0.29, 0.717) is 23.6 Å². The van der Waals surface area contributed by atoms with Gasteiger partial charge in [0.25, 0.3) is 5.91 Å². The highest BCUT2D eigenvalue weighted by Gasteiger charge is 2.16. The van der Waals surface area contributed by atoms with Crippen LogP contribution in [0.15, 0.2) is 24.3 Å². The molecule has 4 heteroatoms. The fraction of sp³-hybridized carbons (Fsp3) is 0.467. The number of rotatable bonds is 6. The minimum Gasteiger partial charge on any atom is -0.351 e. The van der Waals surface area contributed by atoms with Gasteiger partial charge in [0, 0.05) is 12.1 Å². The fourth-order valence-corrected chi connectivity index (χ4v) is 2.42. The number of nitriles is 1. The van der Waals surface area contributed by atoms with Crippen LogP contribution in [0.25, 0.3) is 0 Å². The summed E-state index contributed by atoms with van der Waals surface area (Å²) in [5.74, 6) is 0.223. The molecule has 1 rings (SSSR count). The molecule has 1 atom stereocenters. The van der Waals surface area contributed by atoms with Crippen molar-refractivity contribution in [2.75, 3.05) is 6.54 Å². The third-order valence-electron chi connectivity index (χ3n) is 3.27. The first-order valence-electron chi connectivity index (χ1n) is 6.54. The molecule has 0 heterocycles. The number of halogens is 1. The van der Waals surface area contributed by atoms with Gasteiger partial charge in [0.05, 0.1) is 17.0 Å². The van der Waals surface area contributed by atoms with Crippen LogP contribution in [0.4, 0.5) is 0 Å². The Bertz CT molecular complexity index is 463. The van der Waals surface area contributed by atoms with Crippen molar-refractivity contribution in [2.24, 2.45) is 5.92 Å². The summed E-state index contributed by atoms with van der Waals surface area (Å²) in [5, 5.41) is 11.6. The molecule has 102 valence electrons. The Hall–Kier alpha value is -1.53. The molecular weight excluding hydrogens is 260 g/mol. The summed E-state index contributed by atoms with van der Waals surface area (Å²) in [4.78, 5) is 11.9. The van der Waals surface area contributed by atoms with E-state index >= 15 is 0 Å². The number of alkyl halides is 1. The fourth-order valence-electron chi connectivity index (χ4n) is 1.99. The molecule has 0 bridgehead atoms. The molecule has 1 N–H and O–H groups in total. The van der Waals surface area contributed by atoms with E-state index in [4.69, 9.17) is 16.9 Å². The van der Waals surface area contributed by atoms with Crippen LogP contribution in [0, 0.1) is 17.2 Å². The van der Waals surface area contributed by atoms with Gasteiger partial charge in [0.2, 0.25) is 0 Å². The van der Waals surface area contributed by atoms with Gasteiger partial charge >= 0.3 is 0 Å². The molecule has 0 saturated carbocycles. The van der Waals surface area contributed by atoms with Gasteiger partial charge in [-0.3, -0.25) is 4.79 Å². The van der Waals surface area contributed by atoms with Crippen molar-refractivity contribution < 1.29 is 4.79 Å². The van der Waals surface area contributed by atoms with Crippen molar-refractivity contribution in [3.8, 4) is 6.07 Å². The Morgan fingerprint density at radius 2 is 2.11 bits per heavy atom. The zero-order valence-electron chi connectivity index (χ0n) is 11.3. The largest absolute Gasteiger partial charge is 0.351 e. The maximum Gasteiger partial charge on any atom is 0.251 e. The van der Waals surface area contributed by atoms with Crippen LogP contribution >= 0.6 is 11.6 Å². The SMILES string of the molecule is CCC(CC)C(Cl)CNC(=O)c1cccc(C#N)c1. The van der Waals surface area contributed by atoms with Gasteiger partial charge in [-0.25, -0.2) is 0 Å². The molecule has 1 unspecified atom stereocenters.